The smallest absolute Gasteiger partial charge is 0.129 e. The molecule has 0 aliphatic rings. The molecule has 0 heterocycles. The number of carbonyl (C=O) groups is 1. The van der Waals surface area contributed by atoms with Crippen molar-refractivity contribution in [1.29, 1.82) is 0 Å². The Balaban J connectivity index is 2.70. The number of hydrogen-bond acceptors (Lipinski definition) is 2. The minimum Gasteiger partial charge on any atom is -0.493 e. The first-order valence-corrected chi connectivity index (χ1v) is 6.77. The van der Waals surface area contributed by atoms with E-state index in [-0.39, 0.29) is 5.78 Å². The lowest BCUT2D eigenvalue weighted by Gasteiger charge is -2.13. The van der Waals surface area contributed by atoms with E-state index in [4.69, 9.17) is 4.74 Å². The second-order valence-electron chi connectivity index (χ2n) is 4.95. The van der Waals surface area contributed by atoms with Crippen LogP contribution in [0.4, 0.5) is 0 Å². The molecule has 0 amide bonds. The van der Waals surface area contributed by atoms with Crippen molar-refractivity contribution in [3.63, 3.8) is 0 Å². The van der Waals surface area contributed by atoms with Gasteiger partial charge in [-0.05, 0) is 62.8 Å². The molecule has 1 aromatic rings. The van der Waals surface area contributed by atoms with Crippen LogP contribution in [0.1, 0.15) is 49.8 Å². The van der Waals surface area contributed by atoms with E-state index >= 15 is 0 Å². The number of carbonyl (C=O) groups excluding carboxylic acids is 1. The van der Waals surface area contributed by atoms with Crippen molar-refractivity contribution in [3.8, 4) is 5.75 Å². The van der Waals surface area contributed by atoms with Gasteiger partial charge in [0.15, 0.2) is 0 Å². The lowest BCUT2D eigenvalue weighted by Crippen LogP contribution is -2.00. The quantitative estimate of drug-likeness (QED) is 0.729. The summed E-state index contributed by atoms with van der Waals surface area (Å²) >= 11 is 0. The van der Waals surface area contributed by atoms with Gasteiger partial charge in [0.1, 0.15) is 11.5 Å². The third-order valence-electron chi connectivity index (χ3n) is 3.07. The summed E-state index contributed by atoms with van der Waals surface area (Å²) in [6, 6.07) is 4.31. The molecule has 2 nitrogen and oxygen atoms in total. The van der Waals surface area contributed by atoms with Crippen LogP contribution in [0.3, 0.4) is 0 Å². The van der Waals surface area contributed by atoms with Crippen LogP contribution in [-0.2, 0) is 11.2 Å². The third-order valence-corrected chi connectivity index (χ3v) is 3.07. The SMILES string of the molecule is CCCOc1cc(C)c(CCCC(C)=O)cc1C. The Morgan fingerprint density at radius 3 is 2.56 bits per heavy atom. The first-order valence-electron chi connectivity index (χ1n) is 6.77. The predicted molar refractivity (Wildman–Crippen MR) is 75.3 cm³/mol. The summed E-state index contributed by atoms with van der Waals surface area (Å²) in [5.74, 6) is 1.26. The molecule has 1 aromatic carbocycles. The molecule has 1 rings (SSSR count). The van der Waals surface area contributed by atoms with Crippen LogP contribution in [0.2, 0.25) is 0 Å². The molecule has 18 heavy (non-hydrogen) atoms. The molecule has 0 aromatic heterocycles. The van der Waals surface area contributed by atoms with E-state index in [9.17, 15) is 4.79 Å². The molecule has 0 bridgehead atoms. The Kier molecular flexibility index (Phi) is 5.90. The van der Waals surface area contributed by atoms with Crippen molar-refractivity contribution in [2.75, 3.05) is 6.61 Å². The van der Waals surface area contributed by atoms with Crippen LogP contribution >= 0.6 is 0 Å². The summed E-state index contributed by atoms with van der Waals surface area (Å²) in [6.07, 6.45) is 3.61. The van der Waals surface area contributed by atoms with Crippen LogP contribution in [0.25, 0.3) is 0 Å². The Bertz CT molecular complexity index is 408. The van der Waals surface area contributed by atoms with Gasteiger partial charge in [0.25, 0.3) is 0 Å². The summed E-state index contributed by atoms with van der Waals surface area (Å²) < 4.78 is 5.71. The number of Topliss-reactive ketones (excluding diaryl/α,β-unsaturated/α-hetero) is 1. The van der Waals surface area contributed by atoms with Gasteiger partial charge >= 0.3 is 0 Å². The number of rotatable bonds is 7. The van der Waals surface area contributed by atoms with Gasteiger partial charge in [0.2, 0.25) is 0 Å². The van der Waals surface area contributed by atoms with E-state index in [1.54, 1.807) is 6.92 Å². The number of benzene rings is 1. The zero-order chi connectivity index (χ0) is 13.5. The standard InChI is InChI=1S/C16H24O2/c1-5-9-18-16-11-12(2)15(10-13(16)3)8-6-7-14(4)17/h10-11H,5-9H2,1-4H3. The number of ether oxygens (including phenoxy) is 1. The lowest BCUT2D eigenvalue weighted by atomic mass is 9.99. The topological polar surface area (TPSA) is 26.3 Å². The molecular formula is C16H24O2. The summed E-state index contributed by atoms with van der Waals surface area (Å²) in [6.45, 7) is 8.72. The maximum Gasteiger partial charge on any atom is 0.129 e. The van der Waals surface area contributed by atoms with Crippen molar-refractivity contribution < 1.29 is 9.53 Å². The fourth-order valence-corrected chi connectivity index (χ4v) is 2.01. The Labute approximate surface area is 110 Å². The summed E-state index contributed by atoms with van der Waals surface area (Å²) in [5, 5.41) is 0. The molecule has 0 atom stereocenters. The fraction of sp³-hybridized carbons (Fsp3) is 0.562. The molecule has 0 unspecified atom stereocenters. The molecule has 0 radical (unpaired) electrons. The first-order chi connectivity index (χ1) is 8.54. The molecule has 0 N–H and O–H groups in total. The average molecular weight is 248 g/mol. The van der Waals surface area contributed by atoms with Crippen LogP contribution in [0.5, 0.6) is 5.75 Å². The van der Waals surface area contributed by atoms with E-state index in [2.05, 4.69) is 32.9 Å². The largest absolute Gasteiger partial charge is 0.493 e. The van der Waals surface area contributed by atoms with Gasteiger partial charge in [0, 0.05) is 6.42 Å². The van der Waals surface area contributed by atoms with Crippen molar-refractivity contribution in [3.05, 3.63) is 28.8 Å². The van der Waals surface area contributed by atoms with E-state index in [0.29, 0.717) is 6.42 Å². The third kappa shape index (κ3) is 4.52. The van der Waals surface area contributed by atoms with E-state index in [1.807, 2.05) is 0 Å². The highest BCUT2D eigenvalue weighted by atomic mass is 16.5. The first kappa shape index (κ1) is 14.7. The second kappa shape index (κ2) is 7.20. The number of ketones is 1. The predicted octanol–water partition coefficient (Wildman–Crippen LogP) is 4.00. The lowest BCUT2D eigenvalue weighted by molar-refractivity contribution is -0.117. The monoisotopic (exact) mass is 248 g/mol. The minimum atomic E-state index is 0.271. The normalized spacial score (nSPS) is 10.4. The zero-order valence-electron chi connectivity index (χ0n) is 12.0. The van der Waals surface area contributed by atoms with E-state index in [0.717, 1.165) is 31.6 Å². The van der Waals surface area contributed by atoms with Gasteiger partial charge < -0.3 is 9.53 Å². The molecule has 100 valence electrons. The molecule has 0 aliphatic carbocycles. The van der Waals surface area contributed by atoms with Crippen LogP contribution in [-0.4, -0.2) is 12.4 Å². The number of hydrogen-bond donors (Lipinski definition) is 0. The molecule has 0 fully saturated rings. The minimum absolute atomic E-state index is 0.271. The fourth-order valence-electron chi connectivity index (χ4n) is 2.01. The molecule has 0 saturated heterocycles. The highest BCUT2D eigenvalue weighted by molar-refractivity contribution is 5.75. The summed E-state index contributed by atoms with van der Waals surface area (Å²) in [7, 11) is 0. The molecule has 0 saturated carbocycles. The van der Waals surface area contributed by atoms with Crippen LogP contribution in [0.15, 0.2) is 12.1 Å². The Morgan fingerprint density at radius 2 is 1.94 bits per heavy atom. The van der Waals surface area contributed by atoms with Gasteiger partial charge in [-0.2, -0.15) is 0 Å². The van der Waals surface area contributed by atoms with E-state index in [1.165, 1.54) is 16.7 Å². The van der Waals surface area contributed by atoms with Gasteiger partial charge in [-0.3, -0.25) is 0 Å². The van der Waals surface area contributed by atoms with Crippen LogP contribution in [0, 0.1) is 13.8 Å². The average Bonchev–Trinajstić information content (AvgIpc) is 2.31. The summed E-state index contributed by atoms with van der Waals surface area (Å²) in [4.78, 5) is 10.9. The van der Waals surface area contributed by atoms with Crippen molar-refractivity contribution in [2.45, 2.75) is 53.4 Å². The highest BCUT2D eigenvalue weighted by Crippen LogP contribution is 2.24. The molecule has 0 spiro atoms. The van der Waals surface area contributed by atoms with Gasteiger partial charge in [0.05, 0.1) is 6.61 Å². The maximum atomic E-state index is 10.9. The highest BCUT2D eigenvalue weighted by Gasteiger charge is 2.06. The van der Waals surface area contributed by atoms with Crippen molar-refractivity contribution >= 4 is 5.78 Å². The summed E-state index contributed by atoms with van der Waals surface area (Å²) in [5.41, 5.74) is 3.78. The van der Waals surface area contributed by atoms with Gasteiger partial charge in [-0.25, -0.2) is 0 Å². The Morgan fingerprint density at radius 1 is 1.22 bits per heavy atom. The molecule has 2 heteroatoms. The number of aryl methyl sites for hydroxylation is 3. The maximum absolute atomic E-state index is 10.9. The van der Waals surface area contributed by atoms with Crippen molar-refractivity contribution in [1.82, 2.24) is 0 Å². The van der Waals surface area contributed by atoms with Gasteiger partial charge in [-0.1, -0.05) is 13.0 Å². The van der Waals surface area contributed by atoms with Gasteiger partial charge in [-0.15, -0.1) is 0 Å². The molecular weight excluding hydrogens is 224 g/mol. The van der Waals surface area contributed by atoms with E-state index < -0.39 is 0 Å². The van der Waals surface area contributed by atoms with Crippen LogP contribution < -0.4 is 4.74 Å². The zero-order valence-corrected chi connectivity index (χ0v) is 12.0. The Hall–Kier alpha value is -1.31. The van der Waals surface area contributed by atoms with Crippen molar-refractivity contribution in [2.24, 2.45) is 0 Å². The molecule has 0 aliphatic heterocycles. The second-order valence-corrected chi connectivity index (χ2v) is 4.95.